The van der Waals surface area contributed by atoms with Crippen molar-refractivity contribution in [3.8, 4) is 12.5 Å². The number of halogens is 1. The highest BCUT2D eigenvalue weighted by atomic mass is 35.5. The fourth-order valence-corrected chi connectivity index (χ4v) is 0.893. The second-order valence-electron chi connectivity index (χ2n) is 1.94. The predicted molar refractivity (Wildman–Crippen MR) is 45.5 cm³/mol. The summed E-state index contributed by atoms with van der Waals surface area (Å²) in [4.78, 5) is 14.8. The second kappa shape index (κ2) is 3.74. The fraction of sp³-hybridized carbons (Fsp3) is 0. The molecule has 4 heteroatoms. The Morgan fingerprint density at radius 1 is 1.75 bits per heavy atom. The SMILES string of the molecule is C#CNC(=O)c1cccnc1Cl. The fourth-order valence-electron chi connectivity index (χ4n) is 0.688. The van der Waals surface area contributed by atoms with Crippen LogP contribution < -0.4 is 5.32 Å². The number of carbonyl (C=O) groups excluding carboxylic acids is 1. The summed E-state index contributed by atoms with van der Waals surface area (Å²) in [6.45, 7) is 0. The van der Waals surface area contributed by atoms with E-state index in [9.17, 15) is 4.79 Å². The Hall–Kier alpha value is -1.53. The van der Waals surface area contributed by atoms with Crippen LogP contribution in [0.2, 0.25) is 5.15 Å². The van der Waals surface area contributed by atoms with Gasteiger partial charge >= 0.3 is 0 Å². The molecule has 0 saturated carbocycles. The van der Waals surface area contributed by atoms with Crippen molar-refractivity contribution in [3.63, 3.8) is 0 Å². The third-order valence-corrected chi connectivity index (χ3v) is 1.49. The third-order valence-electron chi connectivity index (χ3n) is 1.19. The van der Waals surface area contributed by atoms with E-state index in [0.29, 0.717) is 0 Å². The molecule has 3 nitrogen and oxygen atoms in total. The van der Waals surface area contributed by atoms with E-state index in [1.807, 2.05) is 6.04 Å². The van der Waals surface area contributed by atoms with Gasteiger partial charge < -0.3 is 0 Å². The summed E-state index contributed by atoms with van der Waals surface area (Å²) in [6, 6.07) is 5.16. The van der Waals surface area contributed by atoms with Crippen LogP contribution in [-0.4, -0.2) is 10.9 Å². The van der Waals surface area contributed by atoms with Gasteiger partial charge in [-0.25, -0.2) is 4.98 Å². The average Bonchev–Trinajstić information content (AvgIpc) is 2.05. The summed E-state index contributed by atoms with van der Waals surface area (Å²) in [5, 5.41) is 2.31. The monoisotopic (exact) mass is 180 g/mol. The molecule has 12 heavy (non-hydrogen) atoms. The van der Waals surface area contributed by atoms with Crippen LogP contribution in [0, 0.1) is 12.5 Å². The van der Waals surface area contributed by atoms with Crippen LogP contribution in [0.15, 0.2) is 18.3 Å². The molecule has 1 amide bonds. The number of hydrogen-bond donors (Lipinski definition) is 1. The van der Waals surface area contributed by atoms with Crippen LogP contribution in [-0.2, 0) is 0 Å². The highest BCUT2D eigenvalue weighted by Crippen LogP contribution is 2.10. The van der Waals surface area contributed by atoms with Crippen molar-refractivity contribution in [1.82, 2.24) is 10.3 Å². The van der Waals surface area contributed by atoms with E-state index in [1.54, 1.807) is 12.1 Å². The third kappa shape index (κ3) is 1.74. The van der Waals surface area contributed by atoms with Gasteiger partial charge in [-0.1, -0.05) is 18.0 Å². The minimum atomic E-state index is -0.421. The molecule has 0 spiro atoms. The minimum absolute atomic E-state index is 0.144. The van der Waals surface area contributed by atoms with Crippen LogP contribution in [0.3, 0.4) is 0 Å². The van der Waals surface area contributed by atoms with Gasteiger partial charge in [0.15, 0.2) is 0 Å². The van der Waals surface area contributed by atoms with Crippen LogP contribution in [0.25, 0.3) is 0 Å². The molecule has 0 bridgehead atoms. The van der Waals surface area contributed by atoms with Crippen LogP contribution in [0.1, 0.15) is 10.4 Å². The molecule has 0 radical (unpaired) electrons. The van der Waals surface area contributed by atoms with Gasteiger partial charge in [-0.3, -0.25) is 10.1 Å². The zero-order valence-electron chi connectivity index (χ0n) is 6.04. The van der Waals surface area contributed by atoms with Gasteiger partial charge in [0.05, 0.1) is 5.56 Å². The van der Waals surface area contributed by atoms with E-state index in [-0.39, 0.29) is 10.7 Å². The number of nitrogens with zero attached hydrogens (tertiary/aromatic N) is 1. The second-order valence-corrected chi connectivity index (χ2v) is 2.30. The molecule has 0 aliphatic rings. The van der Waals surface area contributed by atoms with Gasteiger partial charge in [0.2, 0.25) is 0 Å². The Morgan fingerprint density at radius 2 is 2.50 bits per heavy atom. The van der Waals surface area contributed by atoms with E-state index in [2.05, 4.69) is 10.3 Å². The van der Waals surface area contributed by atoms with Gasteiger partial charge in [-0.05, 0) is 12.1 Å². The van der Waals surface area contributed by atoms with E-state index in [4.69, 9.17) is 18.0 Å². The van der Waals surface area contributed by atoms with Crippen molar-refractivity contribution in [2.75, 3.05) is 0 Å². The smallest absolute Gasteiger partial charge is 0.265 e. The Bertz CT molecular complexity index is 343. The van der Waals surface area contributed by atoms with E-state index >= 15 is 0 Å². The summed E-state index contributed by atoms with van der Waals surface area (Å²) < 4.78 is 0. The van der Waals surface area contributed by atoms with Crippen molar-refractivity contribution in [1.29, 1.82) is 0 Å². The van der Waals surface area contributed by atoms with Crippen LogP contribution in [0.4, 0.5) is 0 Å². The first-order valence-corrected chi connectivity index (χ1v) is 3.50. The van der Waals surface area contributed by atoms with Gasteiger partial charge in [0, 0.05) is 12.2 Å². The molecular weight excluding hydrogens is 176 g/mol. The van der Waals surface area contributed by atoms with Crippen LogP contribution >= 0.6 is 11.6 Å². The first kappa shape index (κ1) is 8.57. The summed E-state index contributed by atoms with van der Waals surface area (Å²) >= 11 is 5.61. The van der Waals surface area contributed by atoms with Crippen molar-refractivity contribution < 1.29 is 4.79 Å². The lowest BCUT2D eigenvalue weighted by Crippen LogP contribution is -2.17. The minimum Gasteiger partial charge on any atom is -0.281 e. The number of terminal acetylenes is 1. The van der Waals surface area contributed by atoms with Crippen molar-refractivity contribution in [3.05, 3.63) is 29.0 Å². The number of amides is 1. The number of aromatic nitrogens is 1. The first-order valence-electron chi connectivity index (χ1n) is 3.12. The zero-order chi connectivity index (χ0) is 8.97. The molecule has 60 valence electrons. The van der Waals surface area contributed by atoms with E-state index < -0.39 is 5.91 Å². The van der Waals surface area contributed by atoms with Gasteiger partial charge in [-0.2, -0.15) is 0 Å². The zero-order valence-corrected chi connectivity index (χ0v) is 6.80. The van der Waals surface area contributed by atoms with Crippen molar-refractivity contribution >= 4 is 17.5 Å². The van der Waals surface area contributed by atoms with E-state index in [0.717, 1.165) is 0 Å². The maximum atomic E-state index is 11.1. The quantitative estimate of drug-likeness (QED) is 0.399. The Labute approximate surface area is 74.8 Å². The molecule has 1 N–H and O–H groups in total. The molecule has 0 unspecified atom stereocenters. The molecular formula is C8H5ClN2O. The van der Waals surface area contributed by atoms with Crippen molar-refractivity contribution in [2.24, 2.45) is 0 Å². The molecule has 0 aromatic carbocycles. The topological polar surface area (TPSA) is 42.0 Å². The lowest BCUT2D eigenvalue weighted by atomic mass is 10.3. The Kier molecular flexibility index (Phi) is 2.67. The lowest BCUT2D eigenvalue weighted by molar-refractivity contribution is 0.0973. The normalized spacial score (nSPS) is 8.67. The number of rotatable bonds is 1. The van der Waals surface area contributed by atoms with Crippen molar-refractivity contribution in [2.45, 2.75) is 0 Å². The Balaban J connectivity index is 2.97. The largest absolute Gasteiger partial charge is 0.281 e. The van der Waals surface area contributed by atoms with E-state index in [1.165, 1.54) is 6.20 Å². The van der Waals surface area contributed by atoms with Gasteiger partial charge in [0.25, 0.3) is 5.91 Å². The molecule has 0 fully saturated rings. The lowest BCUT2D eigenvalue weighted by Gasteiger charge is -1.98. The molecule has 1 aromatic heterocycles. The number of nitrogens with one attached hydrogen (secondary N) is 1. The summed E-state index contributed by atoms with van der Waals surface area (Å²) in [5.74, 6) is -0.421. The molecule has 0 aliphatic carbocycles. The number of carbonyl (C=O) groups is 1. The predicted octanol–water partition coefficient (Wildman–Crippen LogP) is 1.06. The highest BCUT2D eigenvalue weighted by Gasteiger charge is 2.07. The van der Waals surface area contributed by atoms with Gasteiger partial charge in [-0.15, -0.1) is 0 Å². The highest BCUT2D eigenvalue weighted by molar-refractivity contribution is 6.32. The summed E-state index contributed by atoms with van der Waals surface area (Å²) in [5.41, 5.74) is 0.275. The molecule has 0 atom stereocenters. The van der Waals surface area contributed by atoms with Gasteiger partial charge in [0.1, 0.15) is 5.15 Å². The summed E-state index contributed by atoms with van der Waals surface area (Å²) in [7, 11) is 0. The first-order chi connectivity index (χ1) is 5.75. The van der Waals surface area contributed by atoms with Crippen LogP contribution in [0.5, 0.6) is 0 Å². The standard InChI is InChI=1S/C8H5ClN2O/c1-2-10-8(12)6-4-3-5-11-7(6)9/h1,3-5H,(H,10,12). The molecule has 0 aliphatic heterocycles. The maximum Gasteiger partial charge on any atom is 0.265 e. The number of pyridine rings is 1. The molecule has 1 rings (SSSR count). The summed E-state index contributed by atoms with van der Waals surface area (Å²) in [6.07, 6.45) is 6.37. The average molecular weight is 181 g/mol. The number of hydrogen-bond acceptors (Lipinski definition) is 2. The maximum absolute atomic E-state index is 11.1. The molecule has 1 aromatic rings. The molecule has 1 heterocycles. The Morgan fingerprint density at radius 3 is 3.08 bits per heavy atom. The molecule has 0 saturated heterocycles.